The fourth-order valence-corrected chi connectivity index (χ4v) is 4.25. The summed E-state index contributed by atoms with van der Waals surface area (Å²) in [5.41, 5.74) is 3.48. The molecule has 9 nitrogen and oxygen atoms in total. The zero-order valence-corrected chi connectivity index (χ0v) is 20.5. The lowest BCUT2D eigenvalue weighted by atomic mass is 10.2. The van der Waals surface area contributed by atoms with Crippen molar-refractivity contribution in [2.45, 2.75) is 32.5 Å². The molecule has 2 N–H and O–H groups in total. The van der Waals surface area contributed by atoms with Gasteiger partial charge in [0, 0.05) is 6.54 Å². The summed E-state index contributed by atoms with van der Waals surface area (Å²) in [6.45, 7) is 6.44. The second-order valence-corrected chi connectivity index (χ2v) is 8.32. The van der Waals surface area contributed by atoms with Crippen LogP contribution < -0.4 is 15.4 Å². The Balaban J connectivity index is 1.59. The number of hydrogen-bond donors (Lipinski definition) is 2. The molecule has 3 rings (SSSR count). The van der Waals surface area contributed by atoms with E-state index in [0.29, 0.717) is 40.8 Å². The smallest absolute Gasteiger partial charge is 0.338 e. The lowest BCUT2D eigenvalue weighted by Gasteiger charge is -2.11. The Kier molecular flexibility index (Phi) is 8.53. The highest BCUT2D eigenvalue weighted by atomic mass is 32.2. The van der Waals surface area contributed by atoms with Crippen molar-refractivity contribution in [3.05, 3.63) is 47.5 Å². The van der Waals surface area contributed by atoms with Crippen molar-refractivity contribution in [1.82, 2.24) is 14.9 Å². The number of nitrogens with one attached hydrogen (secondary N) is 2. The minimum Gasteiger partial charge on any atom is -0.495 e. The monoisotopic (exact) mass is 484 g/mol. The summed E-state index contributed by atoms with van der Waals surface area (Å²) in [5.74, 6) is -0.404. The molecular formula is C24H28N4O5S. The van der Waals surface area contributed by atoms with Crippen molar-refractivity contribution in [1.29, 1.82) is 0 Å². The predicted molar refractivity (Wildman–Crippen MR) is 131 cm³/mol. The first-order valence-corrected chi connectivity index (χ1v) is 11.9. The topological polar surface area (TPSA) is 112 Å². The molecule has 0 atom stereocenters. The third-order valence-electron chi connectivity index (χ3n) is 4.95. The SMILES string of the molecule is CCOC(=O)c1ccc2c(c1)nc(SCC(=O)NCC(=O)Nc1cc(C)ccc1OC)n2CC. The zero-order valence-electron chi connectivity index (χ0n) is 19.6. The van der Waals surface area contributed by atoms with Crippen molar-refractivity contribution in [3.63, 3.8) is 0 Å². The number of nitrogens with zero attached hydrogens (tertiary/aromatic N) is 2. The first-order valence-electron chi connectivity index (χ1n) is 10.9. The number of benzene rings is 2. The van der Waals surface area contributed by atoms with Crippen molar-refractivity contribution in [3.8, 4) is 5.75 Å². The van der Waals surface area contributed by atoms with Crippen LogP contribution in [0.25, 0.3) is 11.0 Å². The van der Waals surface area contributed by atoms with Crippen LogP contribution in [0.3, 0.4) is 0 Å². The molecule has 0 spiro atoms. The maximum atomic E-state index is 12.3. The van der Waals surface area contributed by atoms with Crippen molar-refractivity contribution < 1.29 is 23.9 Å². The molecule has 3 aromatic rings. The Morgan fingerprint density at radius 1 is 1.09 bits per heavy atom. The van der Waals surface area contributed by atoms with Crippen LogP contribution in [0.15, 0.2) is 41.6 Å². The maximum Gasteiger partial charge on any atom is 0.338 e. The minimum absolute atomic E-state index is 0.0924. The standard InChI is InChI=1S/C24H28N4O5S/c1-5-28-19-9-8-16(23(31)33-6-2)12-17(19)27-24(28)34-14-22(30)25-13-21(29)26-18-11-15(3)7-10-20(18)32-4/h7-12H,5-6,13-14H2,1-4H3,(H,25,30)(H,26,29). The molecule has 0 saturated heterocycles. The third kappa shape index (κ3) is 6.07. The number of fused-ring (bicyclic) bond motifs is 1. The van der Waals surface area contributed by atoms with E-state index in [2.05, 4.69) is 15.6 Å². The second-order valence-electron chi connectivity index (χ2n) is 7.38. The summed E-state index contributed by atoms with van der Waals surface area (Å²) in [7, 11) is 1.53. The molecule has 0 bridgehead atoms. The molecule has 1 aromatic heterocycles. The van der Waals surface area contributed by atoms with Gasteiger partial charge in [0.2, 0.25) is 11.8 Å². The van der Waals surface area contributed by atoms with Gasteiger partial charge in [-0.2, -0.15) is 0 Å². The van der Waals surface area contributed by atoms with Gasteiger partial charge >= 0.3 is 5.97 Å². The van der Waals surface area contributed by atoms with Crippen LogP contribution in [0.1, 0.15) is 29.8 Å². The van der Waals surface area contributed by atoms with E-state index in [1.54, 1.807) is 31.2 Å². The van der Waals surface area contributed by atoms with Gasteiger partial charge in [-0.3, -0.25) is 9.59 Å². The average molecular weight is 485 g/mol. The number of carbonyl (C=O) groups is 3. The molecule has 2 amide bonds. The van der Waals surface area contributed by atoms with Gasteiger partial charge in [0.1, 0.15) is 5.75 Å². The normalized spacial score (nSPS) is 10.7. The number of imidazole rings is 1. The summed E-state index contributed by atoms with van der Waals surface area (Å²) in [4.78, 5) is 41.2. The Bertz CT molecular complexity index is 1210. The molecule has 10 heteroatoms. The highest BCUT2D eigenvalue weighted by molar-refractivity contribution is 7.99. The highest BCUT2D eigenvalue weighted by Crippen LogP contribution is 2.26. The van der Waals surface area contributed by atoms with E-state index in [0.717, 1.165) is 11.1 Å². The number of hydrogen-bond acceptors (Lipinski definition) is 7. The van der Waals surface area contributed by atoms with Gasteiger partial charge in [0.15, 0.2) is 5.16 Å². The summed E-state index contributed by atoms with van der Waals surface area (Å²) in [5, 5.41) is 6.03. The molecule has 0 aliphatic heterocycles. The van der Waals surface area contributed by atoms with Crippen LogP contribution in [0.4, 0.5) is 5.69 Å². The summed E-state index contributed by atoms with van der Waals surface area (Å²) in [6.07, 6.45) is 0. The quantitative estimate of drug-likeness (QED) is 0.335. The molecule has 0 saturated carbocycles. The van der Waals surface area contributed by atoms with Crippen LogP contribution >= 0.6 is 11.8 Å². The van der Waals surface area contributed by atoms with Gasteiger partial charge < -0.3 is 24.7 Å². The van der Waals surface area contributed by atoms with Gasteiger partial charge in [-0.15, -0.1) is 0 Å². The predicted octanol–water partition coefficient (Wildman–Crippen LogP) is 3.40. The Hall–Kier alpha value is -3.53. The van der Waals surface area contributed by atoms with Crippen LogP contribution in [0.2, 0.25) is 0 Å². The van der Waals surface area contributed by atoms with Crippen LogP contribution in [0.5, 0.6) is 5.75 Å². The van der Waals surface area contributed by atoms with E-state index in [1.807, 2.05) is 30.5 Å². The van der Waals surface area contributed by atoms with Gasteiger partial charge in [0.25, 0.3) is 0 Å². The van der Waals surface area contributed by atoms with Crippen LogP contribution in [-0.4, -0.2) is 53.3 Å². The summed E-state index contributed by atoms with van der Waals surface area (Å²) < 4.78 is 12.3. The number of aromatic nitrogens is 2. The molecule has 0 unspecified atom stereocenters. The molecular weight excluding hydrogens is 456 g/mol. The molecule has 2 aromatic carbocycles. The van der Waals surface area contributed by atoms with E-state index < -0.39 is 5.97 Å². The molecule has 0 radical (unpaired) electrons. The lowest BCUT2D eigenvalue weighted by Crippen LogP contribution is -2.34. The molecule has 1 heterocycles. The van der Waals surface area contributed by atoms with E-state index >= 15 is 0 Å². The number of ether oxygens (including phenoxy) is 2. The van der Waals surface area contributed by atoms with E-state index in [-0.39, 0.29) is 24.1 Å². The molecule has 180 valence electrons. The van der Waals surface area contributed by atoms with E-state index in [4.69, 9.17) is 9.47 Å². The average Bonchev–Trinajstić information content (AvgIpc) is 3.18. The molecule has 34 heavy (non-hydrogen) atoms. The Morgan fingerprint density at radius 2 is 1.88 bits per heavy atom. The van der Waals surface area contributed by atoms with Gasteiger partial charge in [-0.25, -0.2) is 9.78 Å². The fourth-order valence-electron chi connectivity index (χ4n) is 3.34. The Labute approximate surface area is 202 Å². The molecule has 0 aliphatic rings. The van der Waals surface area contributed by atoms with Crippen LogP contribution in [0, 0.1) is 6.92 Å². The first-order chi connectivity index (χ1) is 16.4. The number of anilines is 1. The largest absolute Gasteiger partial charge is 0.495 e. The van der Waals surface area contributed by atoms with E-state index in [1.165, 1.54) is 18.9 Å². The van der Waals surface area contributed by atoms with Crippen molar-refractivity contribution in [2.75, 3.05) is 31.3 Å². The van der Waals surface area contributed by atoms with Gasteiger partial charge in [-0.1, -0.05) is 17.8 Å². The van der Waals surface area contributed by atoms with E-state index in [9.17, 15) is 14.4 Å². The number of carbonyl (C=O) groups excluding carboxylic acids is 3. The van der Waals surface area contributed by atoms with Gasteiger partial charge in [0.05, 0.1) is 48.3 Å². The van der Waals surface area contributed by atoms with Gasteiger partial charge in [-0.05, 0) is 56.7 Å². The lowest BCUT2D eigenvalue weighted by molar-refractivity contribution is -0.122. The number of rotatable bonds is 10. The number of methoxy groups -OCH3 is 1. The minimum atomic E-state index is -0.398. The highest BCUT2D eigenvalue weighted by Gasteiger charge is 2.16. The van der Waals surface area contributed by atoms with Crippen molar-refractivity contribution in [2.24, 2.45) is 0 Å². The fraction of sp³-hybridized carbons (Fsp3) is 0.333. The summed E-state index contributed by atoms with van der Waals surface area (Å²) in [6, 6.07) is 10.7. The molecule has 0 aliphatic carbocycles. The van der Waals surface area contributed by atoms with Crippen molar-refractivity contribution >= 4 is 46.3 Å². The number of thioether (sulfide) groups is 1. The summed E-state index contributed by atoms with van der Waals surface area (Å²) >= 11 is 1.27. The zero-order chi connectivity index (χ0) is 24.7. The number of amides is 2. The number of aryl methyl sites for hydroxylation is 2. The first kappa shape index (κ1) is 25.1. The Morgan fingerprint density at radius 3 is 2.59 bits per heavy atom. The third-order valence-corrected chi connectivity index (χ3v) is 5.92. The number of esters is 1. The molecule has 0 fully saturated rings. The second kappa shape index (κ2) is 11.6. The maximum absolute atomic E-state index is 12.3. The van der Waals surface area contributed by atoms with Crippen LogP contribution in [-0.2, 0) is 20.9 Å².